The van der Waals surface area contributed by atoms with Crippen molar-refractivity contribution in [1.29, 1.82) is 0 Å². The molecule has 0 saturated heterocycles. The van der Waals surface area contributed by atoms with Gasteiger partial charge in [0.25, 0.3) is 0 Å². The van der Waals surface area contributed by atoms with E-state index in [4.69, 9.17) is 0 Å². The van der Waals surface area contributed by atoms with Gasteiger partial charge in [-0.25, -0.2) is 0 Å². The molecule has 2 atom stereocenters. The molecular weight excluding hydrogens is 208 g/mol. The Morgan fingerprint density at radius 2 is 2.27 bits per heavy atom. The second-order valence-electron chi connectivity index (χ2n) is 3.89. The predicted molar refractivity (Wildman–Crippen MR) is 64.2 cm³/mol. The van der Waals surface area contributed by atoms with Gasteiger partial charge in [0.1, 0.15) is 0 Å². The number of hydrogen-bond donors (Lipinski definition) is 1. The third-order valence-electron chi connectivity index (χ3n) is 2.07. The molecule has 84 valence electrons. The second kappa shape index (κ2) is 5.98. The fourth-order valence-electron chi connectivity index (χ4n) is 1.42. The second-order valence-corrected chi connectivity index (χ2v) is 5.37. The zero-order chi connectivity index (χ0) is 11.3. The van der Waals surface area contributed by atoms with Gasteiger partial charge in [-0.2, -0.15) is 0 Å². The molecule has 2 unspecified atom stereocenters. The predicted octanol–water partition coefficient (Wildman–Crippen LogP) is 1.25. The molecule has 0 amide bonds. The molecule has 3 nitrogen and oxygen atoms in total. The van der Waals surface area contributed by atoms with Crippen molar-refractivity contribution in [3.05, 3.63) is 29.6 Å². The van der Waals surface area contributed by atoms with Gasteiger partial charge >= 0.3 is 0 Å². The van der Waals surface area contributed by atoms with Gasteiger partial charge in [-0.1, -0.05) is 6.07 Å². The Bertz CT molecular complexity index is 341. The number of nitrogens with one attached hydrogen (secondary N) is 1. The van der Waals surface area contributed by atoms with Crippen molar-refractivity contribution < 1.29 is 4.21 Å². The summed E-state index contributed by atoms with van der Waals surface area (Å²) in [7, 11) is -0.736. The Kier molecular flexibility index (Phi) is 4.91. The summed E-state index contributed by atoms with van der Waals surface area (Å²) < 4.78 is 11.0. The standard InChI is InChI=1S/C11H18N2OS/c1-9-4-11(6-12-5-9)7-13-10(2)8-15(3)14/h4-6,10,13H,7-8H2,1-3H3. The van der Waals surface area contributed by atoms with Crippen molar-refractivity contribution in [2.24, 2.45) is 0 Å². The fourth-order valence-corrected chi connectivity index (χ4v) is 2.24. The summed E-state index contributed by atoms with van der Waals surface area (Å²) in [6, 6.07) is 2.38. The summed E-state index contributed by atoms with van der Waals surface area (Å²) >= 11 is 0. The highest BCUT2D eigenvalue weighted by atomic mass is 32.2. The van der Waals surface area contributed by atoms with Crippen LogP contribution in [0, 0.1) is 6.92 Å². The maximum atomic E-state index is 11.0. The fraction of sp³-hybridized carbons (Fsp3) is 0.545. The van der Waals surface area contributed by atoms with E-state index in [1.165, 1.54) is 11.1 Å². The molecule has 4 heteroatoms. The lowest BCUT2D eigenvalue weighted by molar-refractivity contribution is 0.586. The maximum absolute atomic E-state index is 11.0. The summed E-state index contributed by atoms with van der Waals surface area (Å²) in [6.45, 7) is 4.86. The molecule has 1 heterocycles. The van der Waals surface area contributed by atoms with Crippen LogP contribution in [0.15, 0.2) is 18.5 Å². The molecule has 1 aromatic heterocycles. The lowest BCUT2D eigenvalue weighted by atomic mass is 10.2. The molecule has 1 aromatic rings. The van der Waals surface area contributed by atoms with E-state index in [1.807, 2.05) is 26.2 Å². The van der Waals surface area contributed by atoms with Crippen LogP contribution in [0.5, 0.6) is 0 Å². The first-order valence-electron chi connectivity index (χ1n) is 5.02. The molecule has 0 saturated carbocycles. The minimum absolute atomic E-state index is 0.274. The molecule has 0 spiro atoms. The van der Waals surface area contributed by atoms with Gasteiger partial charge in [-0.3, -0.25) is 9.19 Å². The molecule has 0 aromatic carbocycles. The van der Waals surface area contributed by atoms with Crippen LogP contribution in [0.1, 0.15) is 18.1 Å². The summed E-state index contributed by atoms with van der Waals surface area (Å²) in [5.74, 6) is 0.694. The molecule has 0 aliphatic rings. The third-order valence-corrected chi connectivity index (χ3v) is 3.04. The van der Waals surface area contributed by atoms with Crippen LogP contribution >= 0.6 is 0 Å². The number of nitrogens with zero attached hydrogens (tertiary/aromatic N) is 1. The molecule has 0 radical (unpaired) electrons. The summed E-state index contributed by atoms with van der Waals surface area (Å²) in [6.07, 6.45) is 5.43. The number of hydrogen-bond acceptors (Lipinski definition) is 3. The Labute approximate surface area is 93.8 Å². The molecule has 15 heavy (non-hydrogen) atoms. The Hall–Kier alpha value is -0.740. The van der Waals surface area contributed by atoms with Crippen molar-refractivity contribution in [3.63, 3.8) is 0 Å². The number of aromatic nitrogens is 1. The van der Waals surface area contributed by atoms with Crippen molar-refractivity contribution in [2.75, 3.05) is 12.0 Å². The molecular formula is C11H18N2OS. The Morgan fingerprint density at radius 1 is 1.53 bits per heavy atom. The SMILES string of the molecule is Cc1cncc(CNC(C)CS(C)=O)c1. The summed E-state index contributed by atoms with van der Waals surface area (Å²) in [5.41, 5.74) is 2.34. The van der Waals surface area contributed by atoms with Crippen LogP contribution < -0.4 is 5.32 Å². The number of pyridine rings is 1. The monoisotopic (exact) mass is 226 g/mol. The van der Waals surface area contributed by atoms with Crippen LogP contribution in [0.4, 0.5) is 0 Å². The van der Waals surface area contributed by atoms with E-state index in [0.29, 0.717) is 5.75 Å². The topological polar surface area (TPSA) is 42.0 Å². The van der Waals surface area contributed by atoms with Crippen LogP contribution in [0.3, 0.4) is 0 Å². The Morgan fingerprint density at radius 3 is 2.87 bits per heavy atom. The number of aryl methyl sites for hydroxylation is 1. The van der Waals surface area contributed by atoms with E-state index in [1.54, 1.807) is 6.26 Å². The first-order valence-corrected chi connectivity index (χ1v) is 6.74. The molecule has 1 rings (SSSR count). The van der Waals surface area contributed by atoms with E-state index >= 15 is 0 Å². The van der Waals surface area contributed by atoms with E-state index in [0.717, 1.165) is 6.54 Å². The van der Waals surface area contributed by atoms with E-state index in [2.05, 4.69) is 16.4 Å². The quantitative estimate of drug-likeness (QED) is 0.821. The van der Waals surface area contributed by atoms with Crippen LogP contribution in [-0.4, -0.2) is 27.2 Å². The van der Waals surface area contributed by atoms with Crippen molar-refractivity contribution in [2.45, 2.75) is 26.4 Å². The molecule has 0 bridgehead atoms. The highest BCUT2D eigenvalue weighted by molar-refractivity contribution is 7.84. The summed E-state index contributed by atoms with van der Waals surface area (Å²) in [5, 5.41) is 3.32. The van der Waals surface area contributed by atoms with Gasteiger partial charge in [0, 0.05) is 47.8 Å². The lowest BCUT2D eigenvalue weighted by Gasteiger charge is -2.12. The molecule has 0 fully saturated rings. The van der Waals surface area contributed by atoms with E-state index in [-0.39, 0.29) is 6.04 Å². The first kappa shape index (κ1) is 12.3. The highest BCUT2D eigenvalue weighted by Gasteiger charge is 2.03. The van der Waals surface area contributed by atoms with E-state index in [9.17, 15) is 4.21 Å². The van der Waals surface area contributed by atoms with Gasteiger partial charge in [0.05, 0.1) is 0 Å². The summed E-state index contributed by atoms with van der Waals surface area (Å²) in [4.78, 5) is 4.12. The minimum Gasteiger partial charge on any atom is -0.309 e. The lowest BCUT2D eigenvalue weighted by Crippen LogP contribution is -2.30. The average molecular weight is 226 g/mol. The highest BCUT2D eigenvalue weighted by Crippen LogP contribution is 2.01. The zero-order valence-corrected chi connectivity index (χ0v) is 10.3. The smallest absolute Gasteiger partial charge is 0.0383 e. The van der Waals surface area contributed by atoms with Crippen LogP contribution in [-0.2, 0) is 17.3 Å². The average Bonchev–Trinajstić information content (AvgIpc) is 2.14. The van der Waals surface area contributed by atoms with Crippen molar-refractivity contribution in [1.82, 2.24) is 10.3 Å². The van der Waals surface area contributed by atoms with Gasteiger partial charge in [0.15, 0.2) is 0 Å². The van der Waals surface area contributed by atoms with Gasteiger partial charge in [-0.15, -0.1) is 0 Å². The van der Waals surface area contributed by atoms with Gasteiger partial charge in [0.2, 0.25) is 0 Å². The van der Waals surface area contributed by atoms with Gasteiger partial charge in [-0.05, 0) is 25.0 Å². The first-order chi connectivity index (χ1) is 7.08. The molecule has 1 N–H and O–H groups in total. The van der Waals surface area contributed by atoms with Crippen LogP contribution in [0.2, 0.25) is 0 Å². The van der Waals surface area contributed by atoms with Gasteiger partial charge < -0.3 is 5.32 Å². The van der Waals surface area contributed by atoms with Crippen molar-refractivity contribution in [3.8, 4) is 0 Å². The Balaban J connectivity index is 2.40. The number of rotatable bonds is 5. The minimum atomic E-state index is -0.736. The van der Waals surface area contributed by atoms with Crippen molar-refractivity contribution >= 4 is 10.8 Å². The zero-order valence-electron chi connectivity index (χ0n) is 9.49. The molecule has 0 aliphatic heterocycles. The normalized spacial score (nSPS) is 14.9. The van der Waals surface area contributed by atoms with Crippen LogP contribution in [0.25, 0.3) is 0 Å². The largest absolute Gasteiger partial charge is 0.309 e. The third kappa shape index (κ3) is 5.04. The maximum Gasteiger partial charge on any atom is 0.0383 e. The molecule has 0 aliphatic carbocycles. The van der Waals surface area contributed by atoms with E-state index < -0.39 is 10.8 Å².